The van der Waals surface area contributed by atoms with E-state index in [1.54, 1.807) is 36.5 Å². The quantitative estimate of drug-likeness (QED) is 0.453. The van der Waals surface area contributed by atoms with Crippen LogP contribution in [0.3, 0.4) is 0 Å². The maximum atomic E-state index is 13.8. The first-order valence-electron chi connectivity index (χ1n) is 10.7. The molecule has 6 heteroatoms. The number of anilines is 2. The van der Waals surface area contributed by atoms with Crippen molar-refractivity contribution in [1.29, 1.82) is 0 Å². The van der Waals surface area contributed by atoms with Gasteiger partial charge >= 0.3 is 0 Å². The lowest BCUT2D eigenvalue weighted by Gasteiger charge is -2.38. The summed E-state index contributed by atoms with van der Waals surface area (Å²) >= 11 is 5.96. The molecule has 0 bridgehead atoms. The smallest absolute Gasteiger partial charge is 0.230 e. The second-order valence-electron chi connectivity index (χ2n) is 9.02. The first-order chi connectivity index (χ1) is 14.8. The number of nitrogens with zero attached hydrogens (tertiary/aromatic N) is 1. The van der Waals surface area contributed by atoms with E-state index in [1.165, 1.54) is 6.07 Å². The Morgan fingerprint density at radius 1 is 1.13 bits per heavy atom. The van der Waals surface area contributed by atoms with Crippen LogP contribution in [-0.4, -0.2) is 10.9 Å². The van der Waals surface area contributed by atoms with E-state index in [0.717, 1.165) is 42.1 Å². The summed E-state index contributed by atoms with van der Waals surface area (Å²) in [7, 11) is 0. The molecule has 0 radical (unpaired) electrons. The average molecular weight is 440 g/mol. The standard InChI is InChI=1S/C25H27ClFN3O/c1-25(2,24(31)30-23-9-7-17(26)13-21(23)28)16-5-3-15(4-6-16)19-11-12-29-22-10-8-18(27)14-20(19)22/h7-16H,3-6,28H2,1-2H3,(H,30,31). The second kappa shape index (κ2) is 8.46. The van der Waals surface area contributed by atoms with Crippen LogP contribution in [0, 0.1) is 17.2 Å². The molecule has 3 aromatic rings. The predicted octanol–water partition coefficient (Wildman–Crippen LogP) is 6.55. The molecule has 1 aliphatic carbocycles. The van der Waals surface area contributed by atoms with E-state index in [-0.39, 0.29) is 17.6 Å². The molecule has 0 unspecified atom stereocenters. The molecule has 1 aliphatic rings. The summed E-state index contributed by atoms with van der Waals surface area (Å²) in [6.07, 6.45) is 5.58. The maximum Gasteiger partial charge on any atom is 0.230 e. The molecule has 2 aromatic carbocycles. The molecule has 4 nitrogen and oxygen atoms in total. The highest BCUT2D eigenvalue weighted by Crippen LogP contribution is 2.45. The highest BCUT2D eigenvalue weighted by molar-refractivity contribution is 6.31. The van der Waals surface area contributed by atoms with E-state index in [4.69, 9.17) is 17.3 Å². The van der Waals surface area contributed by atoms with Gasteiger partial charge in [-0.2, -0.15) is 0 Å². The highest BCUT2D eigenvalue weighted by Gasteiger charge is 2.39. The molecule has 1 saturated carbocycles. The zero-order valence-electron chi connectivity index (χ0n) is 17.8. The highest BCUT2D eigenvalue weighted by atomic mass is 35.5. The number of benzene rings is 2. The number of nitrogens with two attached hydrogens (primary N) is 1. The van der Waals surface area contributed by atoms with Gasteiger partial charge in [0.05, 0.1) is 16.9 Å². The number of carbonyl (C=O) groups excluding carboxylic acids is 1. The number of nitrogen functional groups attached to an aromatic ring is 1. The molecule has 1 aromatic heterocycles. The molecule has 1 fully saturated rings. The van der Waals surface area contributed by atoms with Crippen molar-refractivity contribution in [1.82, 2.24) is 4.98 Å². The molecule has 0 aliphatic heterocycles. The number of hydrogen-bond donors (Lipinski definition) is 2. The summed E-state index contributed by atoms with van der Waals surface area (Å²) in [6, 6.07) is 11.9. The topological polar surface area (TPSA) is 68.0 Å². The van der Waals surface area contributed by atoms with Gasteiger partial charge in [-0.05, 0) is 85.5 Å². The van der Waals surface area contributed by atoms with Crippen LogP contribution in [0.15, 0.2) is 48.7 Å². The van der Waals surface area contributed by atoms with Crippen molar-refractivity contribution in [2.24, 2.45) is 11.3 Å². The summed E-state index contributed by atoms with van der Waals surface area (Å²) in [4.78, 5) is 17.5. The average Bonchev–Trinajstić information content (AvgIpc) is 2.75. The Hall–Kier alpha value is -2.66. The fourth-order valence-corrected chi connectivity index (χ4v) is 4.92. The lowest BCUT2D eigenvalue weighted by molar-refractivity contribution is -0.127. The summed E-state index contributed by atoms with van der Waals surface area (Å²) in [5.74, 6) is 0.313. The van der Waals surface area contributed by atoms with Gasteiger partial charge in [0, 0.05) is 22.0 Å². The van der Waals surface area contributed by atoms with Crippen LogP contribution in [-0.2, 0) is 4.79 Å². The molecule has 0 atom stereocenters. The van der Waals surface area contributed by atoms with Crippen LogP contribution < -0.4 is 11.1 Å². The van der Waals surface area contributed by atoms with Crippen LogP contribution in [0.1, 0.15) is 51.0 Å². The molecule has 1 heterocycles. The Labute approximate surface area is 187 Å². The van der Waals surface area contributed by atoms with Gasteiger partial charge in [0.25, 0.3) is 0 Å². The minimum absolute atomic E-state index is 0.0404. The summed E-state index contributed by atoms with van der Waals surface area (Å²) in [5, 5.41) is 4.40. The maximum absolute atomic E-state index is 13.8. The third-order valence-electron chi connectivity index (χ3n) is 6.77. The predicted molar refractivity (Wildman–Crippen MR) is 125 cm³/mol. The molecule has 4 rings (SSSR count). The lowest BCUT2D eigenvalue weighted by atomic mass is 9.67. The zero-order chi connectivity index (χ0) is 22.2. The van der Waals surface area contributed by atoms with Gasteiger partial charge in [0.15, 0.2) is 0 Å². The van der Waals surface area contributed by atoms with E-state index in [0.29, 0.717) is 22.3 Å². The SMILES string of the molecule is CC(C)(C(=O)Nc1ccc(Cl)cc1N)C1CCC(c2ccnc3ccc(F)cc23)CC1. The Kier molecular flexibility index (Phi) is 5.89. The van der Waals surface area contributed by atoms with Gasteiger partial charge in [0.1, 0.15) is 5.82 Å². The number of fused-ring (bicyclic) bond motifs is 1. The molecular weight excluding hydrogens is 413 g/mol. The van der Waals surface area contributed by atoms with Crippen molar-refractivity contribution < 1.29 is 9.18 Å². The summed E-state index contributed by atoms with van der Waals surface area (Å²) in [6.45, 7) is 3.99. The van der Waals surface area contributed by atoms with E-state index in [1.807, 2.05) is 19.9 Å². The van der Waals surface area contributed by atoms with Gasteiger partial charge in [-0.15, -0.1) is 0 Å². The number of halogens is 2. The largest absolute Gasteiger partial charge is 0.397 e. The van der Waals surface area contributed by atoms with Crippen molar-refractivity contribution in [3.63, 3.8) is 0 Å². The Bertz CT molecular complexity index is 1120. The fourth-order valence-electron chi connectivity index (χ4n) is 4.74. The van der Waals surface area contributed by atoms with E-state index in [2.05, 4.69) is 10.3 Å². The number of aromatic nitrogens is 1. The van der Waals surface area contributed by atoms with E-state index >= 15 is 0 Å². The normalized spacial score (nSPS) is 19.4. The number of amides is 1. The van der Waals surface area contributed by atoms with Gasteiger partial charge < -0.3 is 11.1 Å². The molecule has 31 heavy (non-hydrogen) atoms. The fraction of sp³-hybridized carbons (Fsp3) is 0.360. The van der Waals surface area contributed by atoms with E-state index in [9.17, 15) is 9.18 Å². The van der Waals surface area contributed by atoms with Crippen LogP contribution in [0.4, 0.5) is 15.8 Å². The number of hydrogen-bond acceptors (Lipinski definition) is 3. The van der Waals surface area contributed by atoms with Crippen LogP contribution in [0.2, 0.25) is 5.02 Å². The van der Waals surface area contributed by atoms with Crippen molar-refractivity contribution in [3.05, 3.63) is 65.1 Å². The first-order valence-corrected chi connectivity index (χ1v) is 11.0. The van der Waals surface area contributed by atoms with Crippen LogP contribution in [0.5, 0.6) is 0 Å². The van der Waals surface area contributed by atoms with Crippen molar-refractivity contribution >= 4 is 39.8 Å². The van der Waals surface area contributed by atoms with Gasteiger partial charge in [-0.25, -0.2) is 4.39 Å². The Morgan fingerprint density at radius 2 is 1.87 bits per heavy atom. The summed E-state index contributed by atoms with van der Waals surface area (Å²) < 4.78 is 13.8. The van der Waals surface area contributed by atoms with Crippen molar-refractivity contribution in [2.75, 3.05) is 11.1 Å². The number of carbonyl (C=O) groups is 1. The van der Waals surface area contributed by atoms with Gasteiger partial charge in [-0.1, -0.05) is 25.4 Å². The molecule has 1 amide bonds. The van der Waals surface area contributed by atoms with Gasteiger partial charge in [-0.3, -0.25) is 9.78 Å². The monoisotopic (exact) mass is 439 g/mol. The second-order valence-corrected chi connectivity index (χ2v) is 9.45. The minimum Gasteiger partial charge on any atom is -0.397 e. The molecule has 3 N–H and O–H groups in total. The molecule has 0 spiro atoms. The third-order valence-corrected chi connectivity index (χ3v) is 7.01. The lowest BCUT2D eigenvalue weighted by Crippen LogP contribution is -2.39. The first kappa shape index (κ1) is 21.6. The third kappa shape index (κ3) is 4.38. The number of rotatable bonds is 4. The number of nitrogens with one attached hydrogen (secondary N) is 1. The van der Waals surface area contributed by atoms with Crippen molar-refractivity contribution in [3.8, 4) is 0 Å². The molecule has 162 valence electrons. The Morgan fingerprint density at radius 3 is 2.58 bits per heavy atom. The number of pyridine rings is 1. The van der Waals surface area contributed by atoms with E-state index < -0.39 is 5.41 Å². The molecule has 0 saturated heterocycles. The van der Waals surface area contributed by atoms with Crippen LogP contribution >= 0.6 is 11.6 Å². The Balaban J connectivity index is 1.46. The molecular formula is C25H27ClFN3O. The zero-order valence-corrected chi connectivity index (χ0v) is 18.5. The van der Waals surface area contributed by atoms with Crippen molar-refractivity contribution in [2.45, 2.75) is 45.4 Å². The van der Waals surface area contributed by atoms with Gasteiger partial charge in [0.2, 0.25) is 5.91 Å². The van der Waals surface area contributed by atoms with Crippen LogP contribution in [0.25, 0.3) is 10.9 Å². The summed E-state index contributed by atoms with van der Waals surface area (Å²) in [5.41, 5.74) is 8.47. The minimum atomic E-state index is -0.538.